The molecule has 5 heteroatoms. The van der Waals surface area contributed by atoms with E-state index in [4.69, 9.17) is 5.11 Å². The number of amides is 2. The minimum Gasteiger partial charge on any atom is -0.481 e. The monoisotopic (exact) mass is 256 g/mol. The largest absolute Gasteiger partial charge is 0.481 e. The maximum absolute atomic E-state index is 12.3. The van der Waals surface area contributed by atoms with E-state index in [-0.39, 0.29) is 6.03 Å². The molecule has 0 radical (unpaired) electrons. The predicted molar refractivity (Wildman–Crippen MR) is 69.4 cm³/mol. The maximum Gasteiger partial charge on any atom is 0.320 e. The molecule has 0 aromatic carbocycles. The highest BCUT2D eigenvalue weighted by Crippen LogP contribution is 2.18. The van der Waals surface area contributed by atoms with Gasteiger partial charge in [-0.05, 0) is 19.3 Å². The lowest BCUT2D eigenvalue weighted by Crippen LogP contribution is -2.44. The zero-order valence-electron chi connectivity index (χ0n) is 11.6. The number of hydrogen-bond acceptors (Lipinski definition) is 2. The summed E-state index contributed by atoms with van der Waals surface area (Å²) in [5.74, 6) is -0.710. The van der Waals surface area contributed by atoms with E-state index < -0.39 is 11.9 Å². The molecule has 0 aliphatic carbocycles. The Balaban J connectivity index is 2.54. The summed E-state index contributed by atoms with van der Waals surface area (Å²) >= 11 is 0. The van der Waals surface area contributed by atoms with Gasteiger partial charge in [-0.3, -0.25) is 4.79 Å². The highest BCUT2D eigenvalue weighted by molar-refractivity contribution is 5.77. The van der Waals surface area contributed by atoms with E-state index in [1.807, 2.05) is 11.8 Å². The summed E-state index contributed by atoms with van der Waals surface area (Å²) in [6, 6.07) is -0.0125. The zero-order chi connectivity index (χ0) is 13.7. The molecule has 1 N–H and O–H groups in total. The molecule has 1 saturated heterocycles. The van der Waals surface area contributed by atoms with Gasteiger partial charge in [0.1, 0.15) is 0 Å². The van der Waals surface area contributed by atoms with Gasteiger partial charge >= 0.3 is 12.0 Å². The number of carboxylic acid groups (broad SMARTS) is 1. The molecule has 5 nitrogen and oxygen atoms in total. The molecule has 1 aliphatic heterocycles. The number of urea groups is 1. The number of aliphatic carboxylic acids is 1. The van der Waals surface area contributed by atoms with Crippen molar-refractivity contribution >= 4 is 12.0 Å². The molecule has 1 heterocycles. The Morgan fingerprint density at radius 3 is 2.56 bits per heavy atom. The van der Waals surface area contributed by atoms with Crippen LogP contribution < -0.4 is 0 Å². The van der Waals surface area contributed by atoms with Crippen LogP contribution in [0.3, 0.4) is 0 Å². The number of rotatable bonds is 5. The van der Waals surface area contributed by atoms with Crippen LogP contribution in [0.1, 0.15) is 33.6 Å². The van der Waals surface area contributed by atoms with E-state index in [2.05, 4.69) is 13.8 Å². The van der Waals surface area contributed by atoms with Gasteiger partial charge in [0, 0.05) is 26.2 Å². The third kappa shape index (κ3) is 3.62. The number of hydrogen-bond donors (Lipinski definition) is 1. The first-order valence-electron chi connectivity index (χ1n) is 6.76. The SMILES string of the molecule is CCC(C)CN(CC)C(=O)N1CCC(C(=O)O)C1. The van der Waals surface area contributed by atoms with E-state index in [0.29, 0.717) is 32.0 Å². The topological polar surface area (TPSA) is 60.9 Å². The van der Waals surface area contributed by atoms with Gasteiger partial charge in [0.2, 0.25) is 0 Å². The van der Waals surface area contributed by atoms with Crippen LogP contribution >= 0.6 is 0 Å². The van der Waals surface area contributed by atoms with E-state index in [1.54, 1.807) is 4.90 Å². The molecule has 0 aromatic rings. The average molecular weight is 256 g/mol. The number of nitrogens with zero attached hydrogens (tertiary/aromatic N) is 2. The molecule has 2 atom stereocenters. The summed E-state index contributed by atoms with van der Waals surface area (Å²) in [6.07, 6.45) is 1.61. The van der Waals surface area contributed by atoms with Crippen molar-refractivity contribution in [2.75, 3.05) is 26.2 Å². The van der Waals surface area contributed by atoms with Crippen molar-refractivity contribution in [3.8, 4) is 0 Å². The molecule has 1 fully saturated rings. The second-order valence-corrected chi connectivity index (χ2v) is 5.10. The van der Waals surface area contributed by atoms with Crippen molar-refractivity contribution in [2.24, 2.45) is 11.8 Å². The van der Waals surface area contributed by atoms with Crippen LogP contribution in [0.2, 0.25) is 0 Å². The van der Waals surface area contributed by atoms with Gasteiger partial charge in [0.05, 0.1) is 5.92 Å². The lowest BCUT2D eigenvalue weighted by Gasteiger charge is -2.29. The summed E-state index contributed by atoms with van der Waals surface area (Å²) in [5.41, 5.74) is 0. The standard InChI is InChI=1S/C13H24N2O3/c1-4-10(3)8-14(5-2)13(18)15-7-6-11(9-15)12(16)17/h10-11H,4-9H2,1-3H3,(H,16,17). The van der Waals surface area contributed by atoms with Crippen LogP contribution in [0.5, 0.6) is 0 Å². The molecule has 1 aliphatic rings. The summed E-state index contributed by atoms with van der Waals surface area (Å²) in [4.78, 5) is 26.6. The highest BCUT2D eigenvalue weighted by atomic mass is 16.4. The van der Waals surface area contributed by atoms with E-state index in [0.717, 1.165) is 13.0 Å². The normalized spacial score (nSPS) is 20.8. The molecule has 104 valence electrons. The number of carbonyl (C=O) groups excluding carboxylic acids is 1. The third-order valence-electron chi connectivity index (χ3n) is 3.69. The van der Waals surface area contributed by atoms with Gasteiger partial charge in [-0.1, -0.05) is 20.3 Å². The predicted octanol–water partition coefficient (Wildman–Crippen LogP) is 1.88. The molecule has 0 aromatic heterocycles. The van der Waals surface area contributed by atoms with Crippen molar-refractivity contribution in [3.05, 3.63) is 0 Å². The third-order valence-corrected chi connectivity index (χ3v) is 3.69. The van der Waals surface area contributed by atoms with Gasteiger partial charge in [-0.15, -0.1) is 0 Å². The Kier molecular flexibility index (Phi) is 5.44. The first-order chi connectivity index (χ1) is 8.49. The molecule has 0 spiro atoms. The van der Waals surface area contributed by atoms with Crippen molar-refractivity contribution < 1.29 is 14.7 Å². The summed E-state index contributed by atoms with van der Waals surface area (Å²) in [5, 5.41) is 8.94. The summed E-state index contributed by atoms with van der Waals surface area (Å²) < 4.78 is 0. The number of likely N-dealkylation sites (tertiary alicyclic amines) is 1. The van der Waals surface area contributed by atoms with Crippen molar-refractivity contribution in [1.29, 1.82) is 0 Å². The molecule has 1 rings (SSSR count). The van der Waals surface area contributed by atoms with E-state index in [1.165, 1.54) is 0 Å². The molecule has 2 unspecified atom stereocenters. The van der Waals surface area contributed by atoms with Crippen LogP contribution in [-0.2, 0) is 4.79 Å². The molecule has 2 amide bonds. The van der Waals surface area contributed by atoms with Crippen LogP contribution in [0.15, 0.2) is 0 Å². The van der Waals surface area contributed by atoms with Gasteiger partial charge in [0.25, 0.3) is 0 Å². The fourth-order valence-electron chi connectivity index (χ4n) is 2.18. The zero-order valence-corrected chi connectivity index (χ0v) is 11.6. The second-order valence-electron chi connectivity index (χ2n) is 5.10. The Hall–Kier alpha value is -1.26. The Morgan fingerprint density at radius 1 is 1.44 bits per heavy atom. The minimum absolute atomic E-state index is 0.0125. The van der Waals surface area contributed by atoms with Crippen LogP contribution in [-0.4, -0.2) is 53.1 Å². The lowest BCUT2D eigenvalue weighted by atomic mass is 10.1. The first kappa shape index (κ1) is 14.8. The highest BCUT2D eigenvalue weighted by Gasteiger charge is 2.32. The fourth-order valence-corrected chi connectivity index (χ4v) is 2.18. The molecule has 18 heavy (non-hydrogen) atoms. The summed E-state index contributed by atoms with van der Waals surface area (Å²) in [7, 11) is 0. The van der Waals surface area contributed by atoms with Crippen LogP contribution in [0.25, 0.3) is 0 Å². The van der Waals surface area contributed by atoms with Crippen molar-refractivity contribution in [2.45, 2.75) is 33.6 Å². The molecular weight excluding hydrogens is 232 g/mol. The smallest absolute Gasteiger partial charge is 0.320 e. The lowest BCUT2D eigenvalue weighted by molar-refractivity contribution is -0.141. The Morgan fingerprint density at radius 2 is 2.11 bits per heavy atom. The number of carboxylic acids is 1. The Labute approximate surface area is 109 Å². The second kappa shape index (κ2) is 6.61. The Bertz CT molecular complexity index is 307. The van der Waals surface area contributed by atoms with Gasteiger partial charge in [-0.2, -0.15) is 0 Å². The van der Waals surface area contributed by atoms with Gasteiger partial charge in [-0.25, -0.2) is 4.79 Å². The van der Waals surface area contributed by atoms with Crippen LogP contribution in [0, 0.1) is 11.8 Å². The maximum atomic E-state index is 12.3. The van der Waals surface area contributed by atoms with Crippen molar-refractivity contribution in [3.63, 3.8) is 0 Å². The van der Waals surface area contributed by atoms with Crippen LogP contribution in [0.4, 0.5) is 4.79 Å². The average Bonchev–Trinajstić information content (AvgIpc) is 2.84. The molecule has 0 bridgehead atoms. The fraction of sp³-hybridized carbons (Fsp3) is 0.846. The minimum atomic E-state index is -0.796. The van der Waals surface area contributed by atoms with Gasteiger partial charge in [0.15, 0.2) is 0 Å². The van der Waals surface area contributed by atoms with Gasteiger partial charge < -0.3 is 14.9 Å². The quantitative estimate of drug-likeness (QED) is 0.817. The first-order valence-corrected chi connectivity index (χ1v) is 6.76. The van der Waals surface area contributed by atoms with E-state index in [9.17, 15) is 9.59 Å². The number of carbonyl (C=O) groups is 2. The van der Waals surface area contributed by atoms with Crippen molar-refractivity contribution in [1.82, 2.24) is 9.80 Å². The molecular formula is C13H24N2O3. The summed E-state index contributed by atoms with van der Waals surface area (Å²) in [6.45, 7) is 8.54. The van der Waals surface area contributed by atoms with E-state index >= 15 is 0 Å². The molecule has 0 saturated carbocycles.